The molecule has 244 valence electrons. The van der Waals surface area contributed by atoms with E-state index in [9.17, 15) is 0 Å². The van der Waals surface area contributed by atoms with E-state index < -0.39 is 0 Å². The van der Waals surface area contributed by atoms with Crippen LogP contribution < -0.4 is 0 Å². The van der Waals surface area contributed by atoms with Gasteiger partial charge in [-0.2, -0.15) is 0 Å². The van der Waals surface area contributed by atoms with Gasteiger partial charge in [0.15, 0.2) is 0 Å². The highest BCUT2D eigenvalue weighted by atomic mass is 17.1. The molecular formula is C36H76O4. The van der Waals surface area contributed by atoms with Gasteiger partial charge in [-0.05, 0) is 12.8 Å². The molecule has 4 nitrogen and oxygen atoms in total. The minimum atomic E-state index is 0.498. The first kappa shape index (κ1) is 42.0. The van der Waals surface area contributed by atoms with Crippen LogP contribution in [0.5, 0.6) is 0 Å². The molecule has 0 aliphatic rings. The smallest absolute Gasteiger partial charge is 0.0819 e. The standard InChI is InChI=1S/2C18H38O2/c2*1-2-3-4-5-6-7-8-9-10-11-12-13-14-15-16-17-18-20-19/h2*19H,2-18H2,1H3. The van der Waals surface area contributed by atoms with Crippen molar-refractivity contribution in [2.75, 3.05) is 13.2 Å². The highest BCUT2D eigenvalue weighted by Crippen LogP contribution is 2.15. The fourth-order valence-corrected chi connectivity index (χ4v) is 5.43. The van der Waals surface area contributed by atoms with Gasteiger partial charge in [0, 0.05) is 0 Å². The Morgan fingerprint density at radius 1 is 0.250 bits per heavy atom. The van der Waals surface area contributed by atoms with Crippen LogP contribution in [0, 0.1) is 0 Å². The Morgan fingerprint density at radius 2 is 0.400 bits per heavy atom. The normalized spacial score (nSPS) is 11.1. The minimum Gasteiger partial charge on any atom is -0.252 e. The highest BCUT2D eigenvalue weighted by molar-refractivity contribution is 4.51. The predicted octanol–water partition coefficient (Wildman–Crippen LogP) is 13.5. The van der Waals surface area contributed by atoms with E-state index in [0.29, 0.717) is 13.2 Å². The monoisotopic (exact) mass is 573 g/mol. The first-order valence-electron chi connectivity index (χ1n) is 18.4. The van der Waals surface area contributed by atoms with Crippen LogP contribution in [0.15, 0.2) is 0 Å². The van der Waals surface area contributed by atoms with Gasteiger partial charge in [0.2, 0.25) is 0 Å². The van der Waals surface area contributed by atoms with Crippen molar-refractivity contribution in [2.45, 2.75) is 219 Å². The Kier molecular flexibility index (Phi) is 45.4. The van der Waals surface area contributed by atoms with E-state index in [2.05, 4.69) is 23.6 Å². The summed E-state index contributed by atoms with van der Waals surface area (Å²) < 4.78 is 0. The number of hydrogen-bond acceptors (Lipinski definition) is 4. The van der Waals surface area contributed by atoms with Crippen LogP contribution in [0.25, 0.3) is 0 Å². The zero-order valence-electron chi connectivity index (χ0n) is 27.8. The maximum Gasteiger partial charge on any atom is 0.0819 e. The zero-order chi connectivity index (χ0) is 29.5. The van der Waals surface area contributed by atoms with Crippen LogP contribution in [0.4, 0.5) is 0 Å². The molecule has 0 aromatic carbocycles. The maximum absolute atomic E-state index is 8.18. The van der Waals surface area contributed by atoms with Gasteiger partial charge in [0.1, 0.15) is 0 Å². The fraction of sp³-hybridized carbons (Fsp3) is 1.00. The SMILES string of the molecule is CCCCCCCCCCCCCCCCCCOO.CCCCCCCCCCCCCCCCCCOO. The molecule has 0 amide bonds. The quantitative estimate of drug-likeness (QED) is 0.0457. The first-order valence-corrected chi connectivity index (χ1v) is 18.4. The number of unbranched alkanes of at least 4 members (excludes halogenated alkanes) is 30. The zero-order valence-corrected chi connectivity index (χ0v) is 27.8. The van der Waals surface area contributed by atoms with Gasteiger partial charge in [-0.1, -0.05) is 206 Å². The van der Waals surface area contributed by atoms with E-state index >= 15 is 0 Å². The Morgan fingerprint density at radius 3 is 0.550 bits per heavy atom. The number of rotatable bonds is 34. The Hall–Kier alpha value is -0.160. The highest BCUT2D eigenvalue weighted by Gasteiger charge is 1.96. The van der Waals surface area contributed by atoms with Crippen molar-refractivity contribution in [1.29, 1.82) is 0 Å². The molecule has 0 fully saturated rings. The van der Waals surface area contributed by atoms with E-state index in [1.165, 1.54) is 193 Å². The van der Waals surface area contributed by atoms with Crippen LogP contribution in [-0.2, 0) is 9.78 Å². The molecule has 0 unspecified atom stereocenters. The largest absolute Gasteiger partial charge is 0.252 e. The third-order valence-corrected chi connectivity index (χ3v) is 8.18. The van der Waals surface area contributed by atoms with Gasteiger partial charge < -0.3 is 0 Å². The lowest BCUT2D eigenvalue weighted by atomic mass is 10.0. The summed E-state index contributed by atoms with van der Waals surface area (Å²) in [6.07, 6.45) is 44.0. The predicted molar refractivity (Wildman–Crippen MR) is 176 cm³/mol. The van der Waals surface area contributed by atoms with Crippen molar-refractivity contribution in [3.8, 4) is 0 Å². The molecule has 0 rings (SSSR count). The summed E-state index contributed by atoms with van der Waals surface area (Å²) in [6, 6.07) is 0. The van der Waals surface area contributed by atoms with Crippen LogP contribution in [0.3, 0.4) is 0 Å². The third kappa shape index (κ3) is 44.8. The van der Waals surface area contributed by atoms with Gasteiger partial charge in [0.25, 0.3) is 0 Å². The lowest BCUT2D eigenvalue weighted by Crippen LogP contribution is -1.88. The van der Waals surface area contributed by atoms with Crippen molar-refractivity contribution in [2.24, 2.45) is 0 Å². The summed E-state index contributed by atoms with van der Waals surface area (Å²) in [6.45, 7) is 5.56. The molecular weight excluding hydrogens is 496 g/mol. The molecule has 0 spiro atoms. The molecule has 40 heavy (non-hydrogen) atoms. The Bertz CT molecular complexity index is 319. The van der Waals surface area contributed by atoms with Gasteiger partial charge in [-0.15, -0.1) is 0 Å². The van der Waals surface area contributed by atoms with E-state index in [1.807, 2.05) is 0 Å². The summed E-state index contributed by atoms with van der Waals surface area (Å²) >= 11 is 0. The second-order valence-electron chi connectivity index (χ2n) is 12.3. The van der Waals surface area contributed by atoms with E-state index in [1.54, 1.807) is 0 Å². The first-order chi connectivity index (χ1) is 19.8. The third-order valence-electron chi connectivity index (χ3n) is 8.18. The minimum absolute atomic E-state index is 0.498. The molecule has 0 heterocycles. The van der Waals surface area contributed by atoms with Gasteiger partial charge in [-0.3, -0.25) is 10.5 Å². The summed E-state index contributed by atoms with van der Waals surface area (Å²) in [4.78, 5) is 8.12. The fourth-order valence-electron chi connectivity index (χ4n) is 5.43. The van der Waals surface area contributed by atoms with Crippen molar-refractivity contribution < 1.29 is 20.3 Å². The van der Waals surface area contributed by atoms with Crippen LogP contribution in [-0.4, -0.2) is 23.7 Å². The van der Waals surface area contributed by atoms with E-state index in [0.717, 1.165) is 12.8 Å². The molecule has 0 aliphatic heterocycles. The van der Waals surface area contributed by atoms with Crippen molar-refractivity contribution in [1.82, 2.24) is 0 Å². The lowest BCUT2D eigenvalue weighted by Gasteiger charge is -2.03. The summed E-state index contributed by atoms with van der Waals surface area (Å²) in [5.41, 5.74) is 0. The molecule has 2 N–H and O–H groups in total. The van der Waals surface area contributed by atoms with Gasteiger partial charge in [0.05, 0.1) is 13.2 Å². The van der Waals surface area contributed by atoms with Crippen molar-refractivity contribution in [3.05, 3.63) is 0 Å². The Balaban J connectivity index is 0. The maximum atomic E-state index is 8.18. The molecule has 0 radical (unpaired) electrons. The summed E-state index contributed by atoms with van der Waals surface area (Å²) in [5.74, 6) is 0. The van der Waals surface area contributed by atoms with Crippen molar-refractivity contribution >= 4 is 0 Å². The van der Waals surface area contributed by atoms with Crippen LogP contribution >= 0.6 is 0 Å². The summed E-state index contributed by atoms with van der Waals surface area (Å²) in [5, 5.41) is 16.4. The molecule has 0 aromatic rings. The molecule has 0 saturated carbocycles. The Labute approximate surface area is 252 Å². The van der Waals surface area contributed by atoms with Crippen LogP contribution in [0.2, 0.25) is 0 Å². The topological polar surface area (TPSA) is 58.9 Å². The second kappa shape index (κ2) is 43.3. The van der Waals surface area contributed by atoms with Gasteiger partial charge >= 0.3 is 0 Å². The summed E-state index contributed by atoms with van der Waals surface area (Å²) in [7, 11) is 0. The number of hydrogen-bond donors (Lipinski definition) is 2. The molecule has 0 atom stereocenters. The van der Waals surface area contributed by atoms with E-state index in [4.69, 9.17) is 10.5 Å². The average molecular weight is 573 g/mol. The molecule has 0 bridgehead atoms. The lowest BCUT2D eigenvalue weighted by molar-refractivity contribution is -0.242. The molecule has 0 aliphatic carbocycles. The molecule has 0 saturated heterocycles. The van der Waals surface area contributed by atoms with Crippen LogP contribution in [0.1, 0.15) is 219 Å². The molecule has 4 heteroatoms. The van der Waals surface area contributed by atoms with Crippen molar-refractivity contribution in [3.63, 3.8) is 0 Å². The van der Waals surface area contributed by atoms with Gasteiger partial charge in [-0.25, -0.2) is 9.78 Å². The molecule has 0 aromatic heterocycles. The van der Waals surface area contributed by atoms with E-state index in [-0.39, 0.29) is 0 Å². The second-order valence-corrected chi connectivity index (χ2v) is 12.3. The average Bonchev–Trinajstić information content (AvgIpc) is 2.97.